The molecule has 1 aliphatic heterocycles. The highest BCUT2D eigenvalue weighted by molar-refractivity contribution is 7.09. The van der Waals surface area contributed by atoms with Crippen LogP contribution in [0.25, 0.3) is 0 Å². The molecule has 1 saturated carbocycles. The van der Waals surface area contributed by atoms with Crippen LogP contribution in [0.4, 0.5) is 0 Å². The van der Waals surface area contributed by atoms with Crippen molar-refractivity contribution in [1.82, 2.24) is 10.3 Å². The van der Waals surface area contributed by atoms with Crippen molar-refractivity contribution in [1.29, 1.82) is 0 Å². The van der Waals surface area contributed by atoms with E-state index in [0.29, 0.717) is 0 Å². The third-order valence-corrected chi connectivity index (χ3v) is 4.56. The van der Waals surface area contributed by atoms with Crippen LogP contribution in [0, 0.1) is 18.8 Å². The molecule has 1 N–H and O–H groups in total. The van der Waals surface area contributed by atoms with Gasteiger partial charge in [-0.1, -0.05) is 0 Å². The number of nitrogens with zero attached hydrogens (tertiary/aromatic N) is 1. The zero-order valence-electron chi connectivity index (χ0n) is 8.49. The van der Waals surface area contributed by atoms with Gasteiger partial charge in [0.05, 0.1) is 10.7 Å². The van der Waals surface area contributed by atoms with Crippen molar-refractivity contribution >= 4 is 11.3 Å². The minimum absolute atomic E-state index is 0.762. The summed E-state index contributed by atoms with van der Waals surface area (Å²) < 4.78 is 0. The summed E-state index contributed by atoms with van der Waals surface area (Å²) in [6, 6.07) is 0. The van der Waals surface area contributed by atoms with Gasteiger partial charge in [0.1, 0.15) is 0 Å². The van der Waals surface area contributed by atoms with Crippen molar-refractivity contribution in [2.75, 3.05) is 13.1 Å². The van der Waals surface area contributed by atoms with Crippen LogP contribution in [0.15, 0.2) is 5.38 Å². The van der Waals surface area contributed by atoms with Crippen molar-refractivity contribution in [2.45, 2.75) is 25.7 Å². The molecule has 1 aromatic rings. The smallest absolute Gasteiger partial charge is 0.0897 e. The molecule has 3 heteroatoms. The van der Waals surface area contributed by atoms with E-state index in [9.17, 15) is 0 Å². The van der Waals surface area contributed by atoms with E-state index < -0.39 is 0 Å². The predicted octanol–water partition coefficient (Wildman–Crippen LogP) is 2.16. The Kier molecular flexibility index (Phi) is 2.10. The minimum Gasteiger partial charge on any atom is -0.316 e. The minimum atomic E-state index is 0.762. The number of thiazole rings is 1. The van der Waals surface area contributed by atoms with Gasteiger partial charge in [-0.25, -0.2) is 4.98 Å². The zero-order chi connectivity index (χ0) is 9.54. The molecule has 76 valence electrons. The SMILES string of the molecule is Cc1nc([C@H]2C[C@@H]3CCNC[C@@H]32)cs1. The van der Waals surface area contributed by atoms with E-state index in [1.807, 2.05) is 0 Å². The van der Waals surface area contributed by atoms with E-state index in [4.69, 9.17) is 0 Å². The molecule has 3 rings (SSSR count). The topological polar surface area (TPSA) is 24.9 Å². The van der Waals surface area contributed by atoms with Gasteiger partial charge in [0.15, 0.2) is 0 Å². The maximum Gasteiger partial charge on any atom is 0.0897 e. The number of hydrogen-bond donors (Lipinski definition) is 1. The van der Waals surface area contributed by atoms with Crippen molar-refractivity contribution in [2.24, 2.45) is 11.8 Å². The van der Waals surface area contributed by atoms with Crippen molar-refractivity contribution in [3.63, 3.8) is 0 Å². The Morgan fingerprint density at radius 3 is 3.21 bits per heavy atom. The highest BCUT2D eigenvalue weighted by Crippen LogP contribution is 2.49. The van der Waals surface area contributed by atoms with Gasteiger partial charge in [-0.05, 0) is 44.7 Å². The third-order valence-electron chi connectivity index (χ3n) is 3.77. The molecule has 14 heavy (non-hydrogen) atoms. The van der Waals surface area contributed by atoms with Crippen molar-refractivity contribution < 1.29 is 0 Å². The van der Waals surface area contributed by atoms with Gasteiger partial charge in [0, 0.05) is 11.3 Å². The fraction of sp³-hybridized carbons (Fsp3) is 0.727. The monoisotopic (exact) mass is 208 g/mol. The Bertz CT molecular complexity index is 334. The number of aromatic nitrogens is 1. The second kappa shape index (κ2) is 3.31. The van der Waals surface area contributed by atoms with Crippen LogP contribution in [0.3, 0.4) is 0 Å². The van der Waals surface area contributed by atoms with E-state index in [0.717, 1.165) is 17.8 Å². The van der Waals surface area contributed by atoms with E-state index in [2.05, 4.69) is 22.6 Å². The van der Waals surface area contributed by atoms with Crippen LogP contribution in [-0.2, 0) is 0 Å². The molecule has 2 nitrogen and oxygen atoms in total. The Morgan fingerprint density at radius 2 is 2.50 bits per heavy atom. The first-order valence-electron chi connectivity index (χ1n) is 5.47. The van der Waals surface area contributed by atoms with Gasteiger partial charge in [0.25, 0.3) is 0 Å². The standard InChI is InChI=1S/C11H16N2S/c1-7-13-11(6-14-7)9-4-8-2-3-12-5-10(8)9/h6,8-10,12H,2-5H2,1H3/t8-,9-,10-/m0/s1. The second-order valence-corrected chi connectivity index (χ2v) is 5.61. The summed E-state index contributed by atoms with van der Waals surface area (Å²) >= 11 is 1.79. The summed E-state index contributed by atoms with van der Waals surface area (Å²) in [6.07, 6.45) is 2.76. The predicted molar refractivity (Wildman–Crippen MR) is 58.7 cm³/mol. The summed E-state index contributed by atoms with van der Waals surface area (Å²) in [5, 5.41) is 6.97. The number of nitrogens with one attached hydrogen (secondary N) is 1. The summed E-state index contributed by atoms with van der Waals surface area (Å²) in [4.78, 5) is 4.61. The van der Waals surface area contributed by atoms with Crippen LogP contribution in [0.5, 0.6) is 0 Å². The molecule has 0 radical (unpaired) electrons. The molecule has 2 fully saturated rings. The lowest BCUT2D eigenvalue weighted by Crippen LogP contribution is -2.47. The maximum atomic E-state index is 4.61. The Morgan fingerprint density at radius 1 is 1.57 bits per heavy atom. The van der Waals surface area contributed by atoms with Crippen molar-refractivity contribution in [3.05, 3.63) is 16.1 Å². The molecule has 1 aromatic heterocycles. The molecule has 0 amide bonds. The van der Waals surface area contributed by atoms with Gasteiger partial charge in [-0.2, -0.15) is 0 Å². The third kappa shape index (κ3) is 1.30. The first-order valence-corrected chi connectivity index (χ1v) is 6.35. The Balaban J connectivity index is 1.76. The second-order valence-electron chi connectivity index (χ2n) is 4.55. The fourth-order valence-corrected chi connectivity index (χ4v) is 3.57. The molecular weight excluding hydrogens is 192 g/mol. The number of piperidine rings is 1. The number of hydrogen-bond acceptors (Lipinski definition) is 3. The lowest BCUT2D eigenvalue weighted by atomic mass is 9.61. The molecule has 0 aromatic carbocycles. The fourth-order valence-electron chi connectivity index (χ4n) is 2.90. The summed E-state index contributed by atoms with van der Waals surface area (Å²) in [7, 11) is 0. The van der Waals surface area contributed by atoms with E-state index in [1.54, 1.807) is 11.3 Å². The first kappa shape index (κ1) is 8.86. The molecule has 1 aliphatic carbocycles. The summed E-state index contributed by atoms with van der Waals surface area (Å²) in [6.45, 7) is 4.54. The lowest BCUT2D eigenvalue weighted by molar-refractivity contribution is 0.0912. The van der Waals surface area contributed by atoms with Gasteiger partial charge < -0.3 is 5.32 Å². The van der Waals surface area contributed by atoms with Crippen LogP contribution < -0.4 is 5.32 Å². The number of fused-ring (bicyclic) bond motifs is 1. The van der Waals surface area contributed by atoms with Crippen LogP contribution in [0.1, 0.15) is 29.5 Å². The van der Waals surface area contributed by atoms with E-state index in [-0.39, 0.29) is 0 Å². The zero-order valence-corrected chi connectivity index (χ0v) is 9.31. The quantitative estimate of drug-likeness (QED) is 0.765. The van der Waals surface area contributed by atoms with E-state index >= 15 is 0 Å². The van der Waals surface area contributed by atoms with Gasteiger partial charge >= 0.3 is 0 Å². The maximum absolute atomic E-state index is 4.61. The summed E-state index contributed by atoms with van der Waals surface area (Å²) in [5.41, 5.74) is 1.36. The molecule has 3 atom stereocenters. The van der Waals surface area contributed by atoms with Gasteiger partial charge in [-0.3, -0.25) is 0 Å². The van der Waals surface area contributed by atoms with Crippen LogP contribution >= 0.6 is 11.3 Å². The average Bonchev–Trinajstić information content (AvgIpc) is 2.54. The molecule has 0 bridgehead atoms. The lowest BCUT2D eigenvalue weighted by Gasteiger charge is -2.47. The number of rotatable bonds is 1. The molecular formula is C11H16N2S. The molecule has 0 spiro atoms. The molecule has 2 heterocycles. The van der Waals surface area contributed by atoms with E-state index in [1.165, 1.54) is 36.6 Å². The number of aryl methyl sites for hydroxylation is 1. The molecule has 0 unspecified atom stereocenters. The molecule has 1 saturated heterocycles. The first-order chi connectivity index (χ1) is 6.84. The Hall–Kier alpha value is -0.410. The molecule has 2 aliphatic rings. The normalized spacial score (nSPS) is 36.2. The van der Waals surface area contributed by atoms with Crippen molar-refractivity contribution in [3.8, 4) is 0 Å². The summed E-state index contributed by atoms with van der Waals surface area (Å²) in [5.74, 6) is 2.63. The average molecular weight is 208 g/mol. The largest absolute Gasteiger partial charge is 0.316 e. The van der Waals surface area contributed by atoms with Crippen LogP contribution in [0.2, 0.25) is 0 Å². The van der Waals surface area contributed by atoms with Gasteiger partial charge in [0.2, 0.25) is 0 Å². The van der Waals surface area contributed by atoms with Gasteiger partial charge in [-0.15, -0.1) is 11.3 Å². The highest BCUT2D eigenvalue weighted by Gasteiger charge is 2.43. The van der Waals surface area contributed by atoms with Crippen LogP contribution in [-0.4, -0.2) is 18.1 Å². The highest BCUT2D eigenvalue weighted by atomic mass is 32.1. The Labute approximate surface area is 88.7 Å².